The molecule has 19 heavy (non-hydrogen) atoms. The number of urea groups is 1. The number of anilines is 2. The second-order valence-electron chi connectivity index (χ2n) is 4.38. The highest BCUT2D eigenvalue weighted by atomic mass is 16.2. The van der Waals surface area contributed by atoms with E-state index in [2.05, 4.69) is 10.6 Å². The number of para-hydroxylation sites is 1. The summed E-state index contributed by atoms with van der Waals surface area (Å²) in [5.41, 5.74) is 9.27. The Balaban J connectivity index is 1.90. The molecular formula is C15H17N3O. The number of hydrogen-bond acceptors (Lipinski definition) is 2. The lowest BCUT2D eigenvalue weighted by molar-refractivity contribution is 0.252. The summed E-state index contributed by atoms with van der Waals surface area (Å²) in [5, 5.41) is 5.56. The Bertz CT molecular complexity index is 581. The molecule has 98 valence electrons. The van der Waals surface area contributed by atoms with Crippen molar-refractivity contribution in [3.63, 3.8) is 0 Å². The van der Waals surface area contributed by atoms with Crippen molar-refractivity contribution in [3.8, 4) is 0 Å². The fourth-order valence-electron chi connectivity index (χ4n) is 1.77. The second kappa shape index (κ2) is 5.91. The number of nitrogen functional groups attached to an aromatic ring is 1. The number of rotatable bonds is 3. The summed E-state index contributed by atoms with van der Waals surface area (Å²) in [4.78, 5) is 11.7. The Hall–Kier alpha value is -2.49. The Morgan fingerprint density at radius 3 is 2.68 bits per heavy atom. The summed E-state index contributed by atoms with van der Waals surface area (Å²) in [6.45, 7) is 2.39. The summed E-state index contributed by atoms with van der Waals surface area (Å²) >= 11 is 0. The maximum absolute atomic E-state index is 11.7. The van der Waals surface area contributed by atoms with Crippen LogP contribution in [0.4, 0.5) is 16.2 Å². The van der Waals surface area contributed by atoms with Crippen molar-refractivity contribution in [2.45, 2.75) is 13.5 Å². The van der Waals surface area contributed by atoms with Gasteiger partial charge in [-0.1, -0.05) is 30.3 Å². The largest absolute Gasteiger partial charge is 0.398 e. The molecule has 4 nitrogen and oxygen atoms in total. The zero-order chi connectivity index (χ0) is 13.7. The fraction of sp³-hybridized carbons (Fsp3) is 0.133. The van der Waals surface area contributed by atoms with E-state index in [1.165, 1.54) is 0 Å². The summed E-state index contributed by atoms with van der Waals surface area (Å²) in [5.74, 6) is 0. The van der Waals surface area contributed by atoms with E-state index in [4.69, 9.17) is 5.73 Å². The molecular weight excluding hydrogens is 238 g/mol. The first-order chi connectivity index (χ1) is 9.15. The minimum Gasteiger partial charge on any atom is -0.398 e. The molecule has 4 heteroatoms. The molecule has 0 aromatic heterocycles. The van der Waals surface area contributed by atoms with E-state index in [0.29, 0.717) is 12.2 Å². The molecule has 2 aromatic rings. The smallest absolute Gasteiger partial charge is 0.319 e. The third-order valence-electron chi connectivity index (χ3n) is 2.77. The highest BCUT2D eigenvalue weighted by molar-refractivity contribution is 5.89. The molecule has 2 amide bonds. The van der Waals surface area contributed by atoms with Crippen molar-refractivity contribution in [2.24, 2.45) is 0 Å². The fourth-order valence-corrected chi connectivity index (χ4v) is 1.77. The Morgan fingerprint density at radius 2 is 1.95 bits per heavy atom. The van der Waals surface area contributed by atoms with Gasteiger partial charge in [0.15, 0.2) is 0 Å². The van der Waals surface area contributed by atoms with Crippen LogP contribution in [0, 0.1) is 6.92 Å². The monoisotopic (exact) mass is 255 g/mol. The Kier molecular flexibility index (Phi) is 4.03. The maximum Gasteiger partial charge on any atom is 0.319 e. The van der Waals surface area contributed by atoms with Gasteiger partial charge in [-0.15, -0.1) is 0 Å². The van der Waals surface area contributed by atoms with E-state index < -0.39 is 0 Å². The third-order valence-corrected chi connectivity index (χ3v) is 2.77. The van der Waals surface area contributed by atoms with Gasteiger partial charge in [0, 0.05) is 17.9 Å². The molecule has 0 spiro atoms. The van der Waals surface area contributed by atoms with E-state index >= 15 is 0 Å². The van der Waals surface area contributed by atoms with Crippen molar-refractivity contribution in [1.82, 2.24) is 5.32 Å². The van der Waals surface area contributed by atoms with E-state index in [0.717, 1.165) is 16.8 Å². The second-order valence-corrected chi connectivity index (χ2v) is 4.38. The topological polar surface area (TPSA) is 67.2 Å². The molecule has 2 rings (SSSR count). The van der Waals surface area contributed by atoms with Crippen LogP contribution in [0.2, 0.25) is 0 Å². The molecule has 0 heterocycles. The van der Waals surface area contributed by atoms with E-state index in [-0.39, 0.29) is 6.03 Å². The van der Waals surface area contributed by atoms with Gasteiger partial charge in [0.25, 0.3) is 0 Å². The number of nitrogens with one attached hydrogen (secondary N) is 2. The van der Waals surface area contributed by atoms with E-state index in [9.17, 15) is 4.79 Å². The maximum atomic E-state index is 11.7. The molecule has 0 saturated carbocycles. The molecule has 0 unspecified atom stereocenters. The van der Waals surface area contributed by atoms with Crippen LogP contribution in [-0.2, 0) is 6.54 Å². The lowest BCUT2D eigenvalue weighted by atomic mass is 10.2. The Labute approximate surface area is 112 Å². The predicted molar refractivity (Wildman–Crippen MR) is 77.9 cm³/mol. The Morgan fingerprint density at radius 1 is 1.16 bits per heavy atom. The minimum absolute atomic E-state index is 0.242. The number of aryl methyl sites for hydroxylation is 1. The first-order valence-corrected chi connectivity index (χ1v) is 6.10. The molecule has 0 aliphatic carbocycles. The van der Waals surface area contributed by atoms with Crippen LogP contribution < -0.4 is 16.4 Å². The molecule has 0 aliphatic rings. The molecule has 0 atom stereocenters. The zero-order valence-electron chi connectivity index (χ0n) is 10.8. The number of benzene rings is 2. The van der Waals surface area contributed by atoms with Crippen molar-refractivity contribution in [1.29, 1.82) is 0 Å². The summed E-state index contributed by atoms with van der Waals surface area (Å²) in [7, 11) is 0. The SMILES string of the molecule is Cc1cccc(NC(=O)NCc2ccccc2N)c1. The zero-order valence-corrected chi connectivity index (χ0v) is 10.8. The number of hydrogen-bond donors (Lipinski definition) is 3. The summed E-state index contributed by atoms with van der Waals surface area (Å²) in [6, 6.07) is 14.9. The van der Waals surface area contributed by atoms with Crippen molar-refractivity contribution in [2.75, 3.05) is 11.1 Å². The van der Waals surface area contributed by atoms with Gasteiger partial charge < -0.3 is 16.4 Å². The molecule has 4 N–H and O–H groups in total. The van der Waals surface area contributed by atoms with Crippen LogP contribution in [0.25, 0.3) is 0 Å². The van der Waals surface area contributed by atoms with Crippen LogP contribution in [-0.4, -0.2) is 6.03 Å². The van der Waals surface area contributed by atoms with E-state index in [1.807, 2.05) is 55.5 Å². The highest BCUT2D eigenvalue weighted by Crippen LogP contribution is 2.11. The lowest BCUT2D eigenvalue weighted by Crippen LogP contribution is -2.28. The van der Waals surface area contributed by atoms with Crippen molar-refractivity contribution >= 4 is 17.4 Å². The number of carbonyl (C=O) groups excluding carboxylic acids is 1. The van der Waals surface area contributed by atoms with Crippen LogP contribution in [0.15, 0.2) is 48.5 Å². The van der Waals surface area contributed by atoms with Crippen molar-refractivity contribution < 1.29 is 4.79 Å². The first-order valence-electron chi connectivity index (χ1n) is 6.10. The minimum atomic E-state index is -0.242. The van der Waals surface area contributed by atoms with Gasteiger partial charge in [-0.25, -0.2) is 4.79 Å². The molecule has 0 fully saturated rings. The molecule has 0 saturated heterocycles. The summed E-state index contributed by atoms with van der Waals surface area (Å²) in [6.07, 6.45) is 0. The summed E-state index contributed by atoms with van der Waals surface area (Å²) < 4.78 is 0. The average Bonchev–Trinajstić information content (AvgIpc) is 2.38. The standard InChI is InChI=1S/C15H17N3O/c1-11-5-4-7-13(9-11)18-15(19)17-10-12-6-2-3-8-14(12)16/h2-9H,10,16H2,1H3,(H2,17,18,19). The molecule has 0 radical (unpaired) electrons. The van der Waals surface area contributed by atoms with Gasteiger partial charge in [-0.2, -0.15) is 0 Å². The van der Waals surface area contributed by atoms with Crippen LogP contribution in [0.3, 0.4) is 0 Å². The first kappa shape index (κ1) is 13.0. The number of carbonyl (C=O) groups is 1. The van der Waals surface area contributed by atoms with Gasteiger partial charge in [0.2, 0.25) is 0 Å². The normalized spacial score (nSPS) is 9.95. The molecule has 2 aromatic carbocycles. The van der Waals surface area contributed by atoms with Crippen LogP contribution >= 0.6 is 0 Å². The van der Waals surface area contributed by atoms with Gasteiger partial charge in [-0.3, -0.25) is 0 Å². The van der Waals surface area contributed by atoms with Gasteiger partial charge in [0.05, 0.1) is 0 Å². The number of nitrogens with two attached hydrogens (primary N) is 1. The predicted octanol–water partition coefficient (Wildman–Crippen LogP) is 2.90. The van der Waals surface area contributed by atoms with Crippen LogP contribution in [0.5, 0.6) is 0 Å². The molecule has 0 aliphatic heterocycles. The third kappa shape index (κ3) is 3.74. The van der Waals surface area contributed by atoms with Gasteiger partial charge in [0.1, 0.15) is 0 Å². The van der Waals surface area contributed by atoms with Gasteiger partial charge in [-0.05, 0) is 36.2 Å². The quantitative estimate of drug-likeness (QED) is 0.738. The number of amides is 2. The van der Waals surface area contributed by atoms with Gasteiger partial charge >= 0.3 is 6.03 Å². The average molecular weight is 255 g/mol. The lowest BCUT2D eigenvalue weighted by Gasteiger charge is -2.09. The van der Waals surface area contributed by atoms with E-state index in [1.54, 1.807) is 0 Å². The van der Waals surface area contributed by atoms with Crippen LogP contribution in [0.1, 0.15) is 11.1 Å². The highest BCUT2D eigenvalue weighted by Gasteiger charge is 2.03. The molecule has 0 bridgehead atoms. The van der Waals surface area contributed by atoms with Crippen molar-refractivity contribution in [3.05, 3.63) is 59.7 Å².